The van der Waals surface area contributed by atoms with Gasteiger partial charge in [0.15, 0.2) is 11.6 Å². The second-order valence-electron chi connectivity index (χ2n) is 4.75. The summed E-state index contributed by atoms with van der Waals surface area (Å²) in [4.78, 5) is 13.3. The Morgan fingerprint density at radius 2 is 2.00 bits per heavy atom. The van der Waals surface area contributed by atoms with Crippen molar-refractivity contribution in [3.05, 3.63) is 35.4 Å². The maximum absolute atomic E-state index is 13.9. The van der Waals surface area contributed by atoms with E-state index in [2.05, 4.69) is 0 Å². The number of hydrogen-bond acceptors (Lipinski definition) is 3. The Bertz CT molecular complexity index is 463. The van der Waals surface area contributed by atoms with E-state index in [9.17, 15) is 13.6 Å². The molecule has 0 heterocycles. The van der Waals surface area contributed by atoms with E-state index in [0.717, 1.165) is 6.07 Å². The number of ether oxygens (including phenoxy) is 1. The molecule has 0 radical (unpaired) electrons. The number of nitrogens with zero attached hydrogens (tertiary/aromatic N) is 1. The highest BCUT2D eigenvalue weighted by molar-refractivity contribution is 5.71. The molecule has 0 saturated heterocycles. The Kier molecular flexibility index (Phi) is 5.00. The molecule has 0 spiro atoms. The van der Waals surface area contributed by atoms with Crippen LogP contribution in [0.2, 0.25) is 0 Å². The van der Waals surface area contributed by atoms with Gasteiger partial charge in [-0.2, -0.15) is 0 Å². The summed E-state index contributed by atoms with van der Waals surface area (Å²) in [7, 11) is 3.42. The van der Waals surface area contributed by atoms with Crippen LogP contribution >= 0.6 is 0 Å². The highest BCUT2D eigenvalue weighted by Crippen LogP contribution is 2.33. The third-order valence-electron chi connectivity index (χ3n) is 3.31. The third-order valence-corrected chi connectivity index (χ3v) is 3.31. The van der Waals surface area contributed by atoms with Gasteiger partial charge in [-0.25, -0.2) is 8.78 Å². The fraction of sp³-hybridized carbons (Fsp3) is 0.500. The quantitative estimate of drug-likeness (QED) is 0.771. The average molecular weight is 271 g/mol. The van der Waals surface area contributed by atoms with E-state index < -0.39 is 23.1 Å². The van der Waals surface area contributed by atoms with Crippen molar-refractivity contribution < 1.29 is 18.3 Å². The Morgan fingerprint density at radius 3 is 2.53 bits per heavy atom. The molecule has 5 heteroatoms. The van der Waals surface area contributed by atoms with Crippen LogP contribution in [0, 0.1) is 11.6 Å². The predicted octanol–water partition coefficient (Wildman–Crippen LogP) is 2.69. The molecule has 3 nitrogen and oxygen atoms in total. The van der Waals surface area contributed by atoms with Gasteiger partial charge in [-0.1, -0.05) is 12.1 Å². The SMILES string of the molecule is CCOC(=O)CC(C)(c1cccc(F)c1F)N(C)C. The average Bonchev–Trinajstić information content (AvgIpc) is 2.32. The van der Waals surface area contributed by atoms with E-state index in [0.29, 0.717) is 0 Å². The molecule has 0 N–H and O–H groups in total. The second kappa shape index (κ2) is 6.10. The van der Waals surface area contributed by atoms with E-state index in [-0.39, 0.29) is 18.6 Å². The van der Waals surface area contributed by atoms with Gasteiger partial charge in [0.1, 0.15) is 0 Å². The molecule has 0 aromatic heterocycles. The summed E-state index contributed by atoms with van der Waals surface area (Å²) in [6, 6.07) is 3.97. The Hall–Kier alpha value is -1.49. The number of carbonyl (C=O) groups is 1. The lowest BCUT2D eigenvalue weighted by molar-refractivity contribution is -0.146. The summed E-state index contributed by atoms with van der Waals surface area (Å²) in [5, 5.41) is 0. The number of benzene rings is 1. The third kappa shape index (κ3) is 3.29. The summed E-state index contributed by atoms with van der Waals surface area (Å²) < 4.78 is 32.2. The molecule has 1 atom stereocenters. The lowest BCUT2D eigenvalue weighted by Crippen LogP contribution is -2.41. The lowest BCUT2D eigenvalue weighted by atomic mass is 9.87. The van der Waals surface area contributed by atoms with Crippen molar-refractivity contribution in [2.45, 2.75) is 25.8 Å². The van der Waals surface area contributed by atoms with Crippen molar-refractivity contribution in [2.24, 2.45) is 0 Å². The summed E-state index contributed by atoms with van der Waals surface area (Å²) in [5.74, 6) is -2.29. The molecule has 1 aromatic rings. The van der Waals surface area contributed by atoms with Crippen LogP contribution in [-0.4, -0.2) is 31.6 Å². The molecule has 1 aromatic carbocycles. The summed E-state index contributed by atoms with van der Waals surface area (Å²) in [6.07, 6.45) is -0.0474. The lowest BCUT2D eigenvalue weighted by Gasteiger charge is -2.36. The van der Waals surface area contributed by atoms with Gasteiger partial charge < -0.3 is 4.74 Å². The molecule has 0 amide bonds. The van der Waals surface area contributed by atoms with E-state index in [1.165, 1.54) is 12.1 Å². The van der Waals surface area contributed by atoms with Crippen LogP contribution < -0.4 is 0 Å². The highest BCUT2D eigenvalue weighted by Gasteiger charge is 2.35. The fourth-order valence-corrected chi connectivity index (χ4v) is 1.91. The van der Waals surface area contributed by atoms with Crippen LogP contribution in [0.3, 0.4) is 0 Å². The molecule has 0 fully saturated rings. The molecule has 19 heavy (non-hydrogen) atoms. The van der Waals surface area contributed by atoms with Gasteiger partial charge in [-0.3, -0.25) is 9.69 Å². The van der Waals surface area contributed by atoms with E-state index in [1.54, 1.807) is 32.8 Å². The Labute approximate surface area is 112 Å². The first-order valence-electron chi connectivity index (χ1n) is 6.10. The standard InChI is InChI=1S/C14H19F2NO2/c1-5-19-12(18)9-14(2,17(3)4)10-7-6-8-11(15)13(10)16/h6-8H,5,9H2,1-4H3. The Morgan fingerprint density at radius 1 is 1.37 bits per heavy atom. The van der Waals surface area contributed by atoms with Crippen molar-refractivity contribution in [1.29, 1.82) is 0 Å². The molecule has 106 valence electrons. The zero-order chi connectivity index (χ0) is 14.6. The zero-order valence-electron chi connectivity index (χ0n) is 11.7. The minimum atomic E-state index is -0.960. The normalized spacial score (nSPS) is 14.3. The van der Waals surface area contributed by atoms with Gasteiger partial charge in [0, 0.05) is 5.56 Å². The van der Waals surface area contributed by atoms with Crippen molar-refractivity contribution in [2.75, 3.05) is 20.7 Å². The van der Waals surface area contributed by atoms with Gasteiger partial charge in [0.05, 0.1) is 18.6 Å². The monoisotopic (exact) mass is 271 g/mol. The van der Waals surface area contributed by atoms with Crippen LogP contribution in [0.1, 0.15) is 25.8 Å². The summed E-state index contributed by atoms with van der Waals surface area (Å²) in [5.41, 5.74) is -0.816. The number of carbonyl (C=O) groups excluding carboxylic acids is 1. The minimum absolute atomic E-state index is 0.0474. The molecule has 0 saturated carbocycles. The molecule has 0 aliphatic heterocycles. The maximum Gasteiger partial charge on any atom is 0.308 e. The van der Waals surface area contributed by atoms with Gasteiger partial charge in [0.25, 0.3) is 0 Å². The molecule has 1 unspecified atom stereocenters. The van der Waals surface area contributed by atoms with Crippen molar-refractivity contribution >= 4 is 5.97 Å². The molecular weight excluding hydrogens is 252 g/mol. The van der Waals surface area contributed by atoms with Crippen LogP contribution in [0.4, 0.5) is 8.78 Å². The molecule has 1 rings (SSSR count). The highest BCUT2D eigenvalue weighted by atomic mass is 19.2. The van der Waals surface area contributed by atoms with Crippen LogP contribution in [-0.2, 0) is 15.1 Å². The fourth-order valence-electron chi connectivity index (χ4n) is 1.91. The smallest absolute Gasteiger partial charge is 0.308 e. The van der Waals surface area contributed by atoms with Crippen molar-refractivity contribution in [3.8, 4) is 0 Å². The second-order valence-corrected chi connectivity index (χ2v) is 4.75. The van der Waals surface area contributed by atoms with Gasteiger partial charge >= 0.3 is 5.97 Å². The van der Waals surface area contributed by atoms with E-state index in [1.807, 2.05) is 0 Å². The van der Waals surface area contributed by atoms with E-state index in [4.69, 9.17) is 4.74 Å². The largest absolute Gasteiger partial charge is 0.466 e. The van der Waals surface area contributed by atoms with Gasteiger partial charge in [-0.05, 0) is 34.0 Å². The van der Waals surface area contributed by atoms with Crippen LogP contribution in [0.5, 0.6) is 0 Å². The van der Waals surface area contributed by atoms with Gasteiger partial charge in [-0.15, -0.1) is 0 Å². The number of rotatable bonds is 5. The summed E-state index contributed by atoms with van der Waals surface area (Å²) in [6.45, 7) is 3.64. The summed E-state index contributed by atoms with van der Waals surface area (Å²) >= 11 is 0. The van der Waals surface area contributed by atoms with Crippen molar-refractivity contribution in [1.82, 2.24) is 4.90 Å². The molecule has 0 aliphatic rings. The molecule has 0 aliphatic carbocycles. The number of esters is 1. The van der Waals surface area contributed by atoms with Gasteiger partial charge in [0.2, 0.25) is 0 Å². The van der Waals surface area contributed by atoms with Crippen LogP contribution in [0.25, 0.3) is 0 Å². The number of hydrogen-bond donors (Lipinski definition) is 0. The Balaban J connectivity index is 3.19. The predicted molar refractivity (Wildman–Crippen MR) is 68.6 cm³/mol. The van der Waals surface area contributed by atoms with Crippen LogP contribution in [0.15, 0.2) is 18.2 Å². The first-order valence-corrected chi connectivity index (χ1v) is 6.10. The zero-order valence-corrected chi connectivity index (χ0v) is 11.7. The minimum Gasteiger partial charge on any atom is -0.466 e. The first-order chi connectivity index (χ1) is 8.82. The van der Waals surface area contributed by atoms with Crippen molar-refractivity contribution in [3.63, 3.8) is 0 Å². The van der Waals surface area contributed by atoms with E-state index >= 15 is 0 Å². The number of halogens is 2. The topological polar surface area (TPSA) is 29.5 Å². The molecule has 0 bridgehead atoms. The first kappa shape index (κ1) is 15.6. The molecular formula is C14H19F2NO2. The maximum atomic E-state index is 13.9.